The highest BCUT2D eigenvalue weighted by molar-refractivity contribution is 5.85. The highest BCUT2D eigenvalue weighted by atomic mass is 35.5. The van der Waals surface area contributed by atoms with E-state index in [-0.39, 0.29) is 30.7 Å². The predicted octanol–water partition coefficient (Wildman–Crippen LogP) is 3.15. The summed E-state index contributed by atoms with van der Waals surface area (Å²) in [4.78, 5) is 16.8. The van der Waals surface area contributed by atoms with Crippen molar-refractivity contribution in [2.45, 2.75) is 19.4 Å². The molecule has 0 bridgehead atoms. The fraction of sp³-hybridized carbons (Fsp3) is 0.381. The number of ether oxygens (including phenoxy) is 1. The maximum atomic E-state index is 12.7. The first-order chi connectivity index (χ1) is 12.7. The minimum absolute atomic E-state index is 0. The molecule has 1 atom stereocenters. The monoisotopic (exact) mass is 425 g/mol. The van der Waals surface area contributed by atoms with Crippen LogP contribution in [-0.2, 0) is 11.2 Å². The number of hydrogen-bond donors (Lipinski definition) is 1. The molecule has 7 heteroatoms. The van der Waals surface area contributed by atoms with Crippen LogP contribution in [0.5, 0.6) is 5.75 Å². The van der Waals surface area contributed by atoms with Crippen LogP contribution in [0.4, 0.5) is 5.69 Å². The number of carbonyl (C=O) groups is 1. The van der Waals surface area contributed by atoms with Gasteiger partial charge in [-0.25, -0.2) is 0 Å². The van der Waals surface area contributed by atoms with E-state index >= 15 is 0 Å². The minimum Gasteiger partial charge on any atom is -0.492 e. The van der Waals surface area contributed by atoms with Crippen LogP contribution >= 0.6 is 24.8 Å². The number of halogens is 2. The molecular formula is C21H29Cl2N3O2. The standard InChI is InChI=1S/C21H27N3O2.2ClH/c1-2-26-20-11-7-6-10-19(20)23-12-14-24(15-13-23)21(25)18(22)16-17-8-4-3-5-9-17;;/h3-11,18H,2,12-16,22H2,1H3;2*1H. The van der Waals surface area contributed by atoms with Crippen molar-refractivity contribution in [3.63, 3.8) is 0 Å². The molecule has 154 valence electrons. The second-order valence-corrected chi connectivity index (χ2v) is 6.51. The molecule has 1 aliphatic heterocycles. The number of para-hydroxylation sites is 2. The zero-order valence-corrected chi connectivity index (χ0v) is 17.8. The molecule has 2 aromatic carbocycles. The first-order valence-corrected chi connectivity index (χ1v) is 9.24. The summed E-state index contributed by atoms with van der Waals surface area (Å²) in [7, 11) is 0. The lowest BCUT2D eigenvalue weighted by atomic mass is 10.1. The van der Waals surface area contributed by atoms with Gasteiger partial charge in [0.05, 0.1) is 18.3 Å². The Kier molecular flexibility index (Phi) is 10.1. The van der Waals surface area contributed by atoms with E-state index in [0.29, 0.717) is 26.1 Å². The summed E-state index contributed by atoms with van der Waals surface area (Å²) in [6, 6.07) is 17.5. The summed E-state index contributed by atoms with van der Waals surface area (Å²) in [6.45, 7) is 5.57. The second kappa shape index (κ2) is 11.8. The van der Waals surface area contributed by atoms with E-state index in [4.69, 9.17) is 10.5 Å². The maximum Gasteiger partial charge on any atom is 0.239 e. The van der Waals surface area contributed by atoms with Gasteiger partial charge in [0.25, 0.3) is 0 Å². The molecule has 28 heavy (non-hydrogen) atoms. The molecule has 1 aliphatic rings. The lowest BCUT2D eigenvalue weighted by molar-refractivity contribution is -0.132. The van der Waals surface area contributed by atoms with E-state index in [1.54, 1.807) is 0 Å². The van der Waals surface area contributed by atoms with Gasteiger partial charge in [-0.2, -0.15) is 0 Å². The molecule has 1 unspecified atom stereocenters. The average Bonchev–Trinajstić information content (AvgIpc) is 2.69. The molecule has 5 nitrogen and oxygen atoms in total. The van der Waals surface area contributed by atoms with Crippen LogP contribution in [0.25, 0.3) is 0 Å². The minimum atomic E-state index is -0.486. The molecule has 2 N–H and O–H groups in total. The third-order valence-corrected chi connectivity index (χ3v) is 4.71. The lowest BCUT2D eigenvalue weighted by Crippen LogP contribution is -2.53. The molecule has 0 saturated carbocycles. The summed E-state index contributed by atoms with van der Waals surface area (Å²) in [5.74, 6) is 0.933. The highest BCUT2D eigenvalue weighted by Gasteiger charge is 2.26. The van der Waals surface area contributed by atoms with Crippen molar-refractivity contribution in [3.8, 4) is 5.75 Å². The topological polar surface area (TPSA) is 58.8 Å². The predicted molar refractivity (Wildman–Crippen MR) is 119 cm³/mol. The van der Waals surface area contributed by atoms with Crippen molar-refractivity contribution < 1.29 is 9.53 Å². The Morgan fingerprint density at radius 1 is 1.00 bits per heavy atom. The first kappa shape index (κ1) is 24.1. The number of amides is 1. The van der Waals surface area contributed by atoms with Gasteiger partial charge in [0.1, 0.15) is 5.75 Å². The molecular weight excluding hydrogens is 397 g/mol. The first-order valence-electron chi connectivity index (χ1n) is 9.24. The molecule has 1 saturated heterocycles. The van der Waals surface area contributed by atoms with Gasteiger partial charge in [-0.3, -0.25) is 4.79 Å². The van der Waals surface area contributed by atoms with Crippen molar-refractivity contribution in [3.05, 3.63) is 60.2 Å². The zero-order valence-electron chi connectivity index (χ0n) is 16.1. The molecule has 1 amide bonds. The largest absolute Gasteiger partial charge is 0.492 e. The van der Waals surface area contributed by atoms with Crippen LogP contribution in [-0.4, -0.2) is 49.6 Å². The van der Waals surface area contributed by atoms with Crippen molar-refractivity contribution in [1.82, 2.24) is 4.90 Å². The maximum absolute atomic E-state index is 12.7. The summed E-state index contributed by atoms with van der Waals surface area (Å²) < 4.78 is 5.73. The molecule has 1 heterocycles. The van der Waals surface area contributed by atoms with Gasteiger partial charge in [-0.1, -0.05) is 42.5 Å². The number of carbonyl (C=O) groups excluding carboxylic acids is 1. The molecule has 3 rings (SSSR count). The van der Waals surface area contributed by atoms with E-state index in [2.05, 4.69) is 11.0 Å². The summed E-state index contributed by atoms with van der Waals surface area (Å²) >= 11 is 0. The van der Waals surface area contributed by atoms with Crippen molar-refractivity contribution >= 4 is 36.4 Å². The van der Waals surface area contributed by atoms with Crippen LogP contribution in [0.2, 0.25) is 0 Å². The molecule has 0 radical (unpaired) electrons. The van der Waals surface area contributed by atoms with E-state index in [1.165, 1.54) is 0 Å². The Morgan fingerprint density at radius 2 is 1.61 bits per heavy atom. The summed E-state index contributed by atoms with van der Waals surface area (Å²) in [5.41, 5.74) is 8.35. The van der Waals surface area contributed by atoms with Gasteiger partial charge in [0, 0.05) is 26.2 Å². The summed E-state index contributed by atoms with van der Waals surface area (Å²) in [6.07, 6.45) is 0.576. The molecule has 0 aromatic heterocycles. The normalized spacial score (nSPS) is 14.5. The van der Waals surface area contributed by atoms with Gasteiger partial charge >= 0.3 is 0 Å². The number of benzene rings is 2. The molecule has 1 fully saturated rings. The Bertz CT molecular complexity index is 723. The zero-order chi connectivity index (χ0) is 18.4. The third-order valence-electron chi connectivity index (χ3n) is 4.71. The van der Waals surface area contributed by atoms with Crippen LogP contribution in [0, 0.1) is 0 Å². The van der Waals surface area contributed by atoms with Gasteiger partial charge in [-0.15, -0.1) is 24.8 Å². The number of rotatable bonds is 6. The van der Waals surface area contributed by atoms with E-state index < -0.39 is 6.04 Å². The number of nitrogens with zero attached hydrogens (tertiary/aromatic N) is 2. The van der Waals surface area contributed by atoms with Crippen LogP contribution in [0.15, 0.2) is 54.6 Å². The Hall–Kier alpha value is -1.95. The van der Waals surface area contributed by atoms with Crippen molar-refractivity contribution in [2.24, 2.45) is 5.73 Å². The number of hydrogen-bond acceptors (Lipinski definition) is 4. The Morgan fingerprint density at radius 3 is 2.25 bits per heavy atom. The van der Waals surface area contributed by atoms with E-state index in [1.807, 2.05) is 60.4 Å². The quantitative estimate of drug-likeness (QED) is 0.771. The van der Waals surface area contributed by atoms with Crippen LogP contribution in [0.3, 0.4) is 0 Å². The van der Waals surface area contributed by atoms with Gasteiger partial charge in [0.2, 0.25) is 5.91 Å². The van der Waals surface area contributed by atoms with Crippen molar-refractivity contribution in [2.75, 3.05) is 37.7 Å². The fourth-order valence-electron chi connectivity index (χ4n) is 3.35. The number of nitrogens with two attached hydrogens (primary N) is 1. The Labute approximate surface area is 179 Å². The average molecular weight is 426 g/mol. The van der Waals surface area contributed by atoms with E-state index in [0.717, 1.165) is 30.1 Å². The highest BCUT2D eigenvalue weighted by Crippen LogP contribution is 2.28. The van der Waals surface area contributed by atoms with Crippen molar-refractivity contribution in [1.29, 1.82) is 0 Å². The molecule has 2 aromatic rings. The molecule has 0 spiro atoms. The van der Waals surface area contributed by atoms with Crippen LogP contribution < -0.4 is 15.4 Å². The van der Waals surface area contributed by atoms with Crippen LogP contribution in [0.1, 0.15) is 12.5 Å². The Balaban J connectivity index is 0.00000196. The fourth-order valence-corrected chi connectivity index (χ4v) is 3.35. The second-order valence-electron chi connectivity index (χ2n) is 6.51. The lowest BCUT2D eigenvalue weighted by Gasteiger charge is -2.37. The number of anilines is 1. The van der Waals surface area contributed by atoms with E-state index in [9.17, 15) is 4.79 Å². The van der Waals surface area contributed by atoms with Gasteiger partial charge in [-0.05, 0) is 31.0 Å². The van der Waals surface area contributed by atoms with Gasteiger partial charge in [0.15, 0.2) is 0 Å². The third kappa shape index (κ3) is 6.03. The number of piperazine rings is 1. The van der Waals surface area contributed by atoms with Gasteiger partial charge < -0.3 is 20.3 Å². The SMILES string of the molecule is CCOc1ccccc1N1CCN(C(=O)C(N)Cc2ccccc2)CC1.Cl.Cl. The molecule has 0 aliphatic carbocycles. The summed E-state index contributed by atoms with van der Waals surface area (Å²) in [5, 5.41) is 0. The smallest absolute Gasteiger partial charge is 0.239 e.